The molecule has 0 unspecified atom stereocenters. The van der Waals surface area contributed by atoms with Crippen LogP contribution in [0.25, 0.3) is 0 Å². The van der Waals surface area contributed by atoms with Crippen LogP contribution in [0.5, 0.6) is 5.75 Å². The van der Waals surface area contributed by atoms with Crippen LogP contribution in [0.15, 0.2) is 77.7 Å². The lowest BCUT2D eigenvalue weighted by Crippen LogP contribution is -2.51. The van der Waals surface area contributed by atoms with E-state index in [1.54, 1.807) is 30.3 Å². The van der Waals surface area contributed by atoms with Crippen molar-refractivity contribution in [2.75, 3.05) is 24.5 Å². The molecule has 0 aliphatic rings. The number of alkyl halides is 3. The van der Waals surface area contributed by atoms with Gasteiger partial charge in [0.25, 0.3) is 10.0 Å². The average Bonchev–Trinajstić information content (AvgIpc) is 2.97. The fourth-order valence-corrected chi connectivity index (χ4v) is 5.75. The van der Waals surface area contributed by atoms with E-state index in [-0.39, 0.29) is 17.4 Å². The second-order valence-corrected chi connectivity index (χ2v) is 12.4. The van der Waals surface area contributed by atoms with Crippen LogP contribution in [-0.4, -0.2) is 51.4 Å². The lowest BCUT2D eigenvalue weighted by atomic mass is 10.1. The minimum atomic E-state index is -4.89. The smallest absolute Gasteiger partial charge is 0.417 e. The Morgan fingerprint density at radius 2 is 1.60 bits per heavy atom. The zero-order valence-electron chi connectivity index (χ0n) is 24.1. The fourth-order valence-electron chi connectivity index (χ4n) is 4.10. The minimum absolute atomic E-state index is 0.0905. The standard InChI is InChI=1S/C30H33ClF3N3O5S/c1-20(2)17-35-29(39)21(3)36(18-22-10-13-24(42-4)14-11-22)28(38)19-37(43(40,41)25-8-6-5-7-9-25)23-12-15-27(31)26(16-23)30(32,33)34/h5-16,20-21H,17-19H2,1-4H3,(H,35,39)/t21-/m1/s1. The van der Waals surface area contributed by atoms with Gasteiger partial charge in [0.2, 0.25) is 11.8 Å². The maximum Gasteiger partial charge on any atom is 0.417 e. The number of benzene rings is 3. The van der Waals surface area contributed by atoms with Crippen molar-refractivity contribution in [2.45, 2.75) is 44.4 Å². The third kappa shape index (κ3) is 8.64. The molecule has 0 saturated heterocycles. The van der Waals surface area contributed by atoms with Crippen LogP contribution in [0.4, 0.5) is 18.9 Å². The average molecular weight is 640 g/mol. The molecule has 1 N–H and O–H groups in total. The maximum absolute atomic E-state index is 13.9. The molecule has 0 radical (unpaired) electrons. The number of nitrogens with one attached hydrogen (secondary N) is 1. The van der Waals surface area contributed by atoms with Crippen molar-refractivity contribution in [3.05, 3.63) is 88.9 Å². The number of anilines is 1. The van der Waals surface area contributed by atoms with Gasteiger partial charge in [-0.3, -0.25) is 13.9 Å². The first kappa shape index (κ1) is 33.7. The van der Waals surface area contributed by atoms with Crippen molar-refractivity contribution in [3.8, 4) is 5.75 Å². The lowest BCUT2D eigenvalue weighted by Gasteiger charge is -2.32. The van der Waals surface area contributed by atoms with Gasteiger partial charge in [-0.05, 0) is 60.9 Å². The first-order chi connectivity index (χ1) is 20.1. The van der Waals surface area contributed by atoms with Gasteiger partial charge in [0.05, 0.1) is 28.3 Å². The van der Waals surface area contributed by atoms with E-state index in [1.807, 2.05) is 13.8 Å². The van der Waals surface area contributed by atoms with Gasteiger partial charge >= 0.3 is 6.18 Å². The highest BCUT2D eigenvalue weighted by Gasteiger charge is 2.37. The SMILES string of the molecule is COc1ccc(CN(C(=O)CN(c2ccc(Cl)c(C(F)(F)F)c2)S(=O)(=O)c2ccccc2)[C@H](C)C(=O)NCC(C)C)cc1. The Bertz CT molecular complexity index is 1520. The highest BCUT2D eigenvalue weighted by atomic mass is 35.5. The molecule has 0 aliphatic heterocycles. The Hall–Kier alpha value is -3.77. The molecular formula is C30H33ClF3N3O5S. The van der Waals surface area contributed by atoms with Crippen molar-refractivity contribution in [1.29, 1.82) is 0 Å². The number of halogens is 4. The first-order valence-electron chi connectivity index (χ1n) is 13.3. The quantitative estimate of drug-likeness (QED) is 0.272. The number of hydrogen-bond acceptors (Lipinski definition) is 5. The van der Waals surface area contributed by atoms with Gasteiger partial charge in [0.15, 0.2) is 0 Å². The molecule has 232 valence electrons. The molecule has 8 nitrogen and oxygen atoms in total. The number of sulfonamides is 1. The van der Waals surface area contributed by atoms with E-state index >= 15 is 0 Å². The van der Waals surface area contributed by atoms with Crippen molar-refractivity contribution < 1.29 is 35.9 Å². The molecule has 0 bridgehead atoms. The van der Waals surface area contributed by atoms with Crippen LogP contribution in [0.2, 0.25) is 5.02 Å². The van der Waals surface area contributed by atoms with Crippen LogP contribution in [0.1, 0.15) is 31.9 Å². The van der Waals surface area contributed by atoms with E-state index in [2.05, 4.69) is 5.32 Å². The molecule has 13 heteroatoms. The summed E-state index contributed by atoms with van der Waals surface area (Å²) in [6, 6.07) is 15.3. The second-order valence-electron chi connectivity index (χ2n) is 10.2. The van der Waals surface area contributed by atoms with E-state index in [0.717, 1.165) is 12.1 Å². The summed E-state index contributed by atoms with van der Waals surface area (Å²) in [6.07, 6.45) is -4.89. The summed E-state index contributed by atoms with van der Waals surface area (Å²) >= 11 is 5.80. The van der Waals surface area contributed by atoms with Crippen molar-refractivity contribution in [2.24, 2.45) is 5.92 Å². The largest absolute Gasteiger partial charge is 0.497 e. The molecule has 0 saturated carbocycles. The summed E-state index contributed by atoms with van der Waals surface area (Å²) < 4.78 is 74.6. The fraction of sp³-hybridized carbons (Fsp3) is 0.333. The number of carbonyl (C=O) groups is 2. The summed E-state index contributed by atoms with van der Waals surface area (Å²) in [4.78, 5) is 27.9. The van der Waals surface area contributed by atoms with Crippen LogP contribution in [0.3, 0.4) is 0 Å². The molecule has 2 amide bonds. The van der Waals surface area contributed by atoms with Crippen LogP contribution in [-0.2, 0) is 32.3 Å². The molecule has 3 aromatic rings. The Labute approximate surface area is 254 Å². The van der Waals surface area contributed by atoms with Crippen molar-refractivity contribution in [1.82, 2.24) is 10.2 Å². The zero-order valence-corrected chi connectivity index (χ0v) is 25.6. The summed E-state index contributed by atoms with van der Waals surface area (Å²) in [5.74, 6) is -0.598. The molecule has 0 aromatic heterocycles. The van der Waals surface area contributed by atoms with Gasteiger partial charge in [-0.1, -0.05) is 55.8 Å². The molecule has 43 heavy (non-hydrogen) atoms. The summed E-state index contributed by atoms with van der Waals surface area (Å²) in [5.41, 5.74) is -1.07. The maximum atomic E-state index is 13.9. The van der Waals surface area contributed by atoms with Gasteiger partial charge in [-0.25, -0.2) is 8.42 Å². The summed E-state index contributed by atoms with van der Waals surface area (Å²) in [7, 11) is -3.05. The highest BCUT2D eigenvalue weighted by molar-refractivity contribution is 7.92. The molecule has 3 rings (SSSR count). The molecule has 3 aromatic carbocycles. The Morgan fingerprint density at radius 1 is 0.977 bits per heavy atom. The number of nitrogens with zero attached hydrogens (tertiary/aromatic N) is 2. The Morgan fingerprint density at radius 3 is 2.16 bits per heavy atom. The number of ether oxygens (including phenoxy) is 1. The first-order valence-corrected chi connectivity index (χ1v) is 15.1. The van der Waals surface area contributed by atoms with Crippen LogP contribution >= 0.6 is 11.6 Å². The van der Waals surface area contributed by atoms with Crippen molar-refractivity contribution in [3.63, 3.8) is 0 Å². The summed E-state index contributed by atoms with van der Waals surface area (Å²) in [6.45, 7) is 4.66. The van der Waals surface area contributed by atoms with Crippen LogP contribution in [0, 0.1) is 5.92 Å². The molecule has 0 spiro atoms. The molecule has 0 fully saturated rings. The van der Waals surface area contributed by atoms with E-state index < -0.39 is 56.9 Å². The number of rotatable bonds is 12. The second kappa shape index (κ2) is 14.1. The topological polar surface area (TPSA) is 96.0 Å². The van der Waals surface area contributed by atoms with Crippen LogP contribution < -0.4 is 14.4 Å². The number of hydrogen-bond donors (Lipinski definition) is 1. The predicted octanol–water partition coefficient (Wildman–Crippen LogP) is 5.75. The van der Waals surface area contributed by atoms with E-state index in [4.69, 9.17) is 16.3 Å². The Kier molecular flexibility index (Phi) is 11.1. The Balaban J connectivity index is 2.08. The van der Waals surface area contributed by atoms with Gasteiger partial charge in [0, 0.05) is 13.1 Å². The van der Waals surface area contributed by atoms with Gasteiger partial charge in [-0.2, -0.15) is 13.2 Å². The zero-order chi connectivity index (χ0) is 31.9. The number of carbonyl (C=O) groups excluding carboxylic acids is 2. The third-order valence-electron chi connectivity index (χ3n) is 6.52. The number of amides is 2. The lowest BCUT2D eigenvalue weighted by molar-refractivity contribution is -0.139. The highest BCUT2D eigenvalue weighted by Crippen LogP contribution is 2.38. The molecule has 0 aliphatic carbocycles. The van der Waals surface area contributed by atoms with Gasteiger partial charge in [0.1, 0.15) is 18.3 Å². The van der Waals surface area contributed by atoms with E-state index in [9.17, 15) is 31.2 Å². The summed E-state index contributed by atoms with van der Waals surface area (Å²) in [5, 5.41) is 2.14. The van der Waals surface area contributed by atoms with E-state index in [0.29, 0.717) is 28.2 Å². The predicted molar refractivity (Wildman–Crippen MR) is 158 cm³/mol. The third-order valence-corrected chi connectivity index (χ3v) is 8.63. The number of methoxy groups -OCH3 is 1. The van der Waals surface area contributed by atoms with Gasteiger partial charge in [-0.15, -0.1) is 0 Å². The molecule has 0 heterocycles. The van der Waals surface area contributed by atoms with Gasteiger partial charge < -0.3 is 15.0 Å². The molecule has 1 atom stereocenters. The monoisotopic (exact) mass is 639 g/mol. The van der Waals surface area contributed by atoms with Crippen molar-refractivity contribution >= 4 is 39.1 Å². The normalized spacial score (nSPS) is 12.5. The minimum Gasteiger partial charge on any atom is -0.497 e. The molecular weight excluding hydrogens is 607 g/mol. The van der Waals surface area contributed by atoms with E-state index in [1.165, 1.54) is 43.2 Å².